The molecule has 1 saturated heterocycles. The van der Waals surface area contributed by atoms with Crippen LogP contribution in [0.4, 0.5) is 0 Å². The summed E-state index contributed by atoms with van der Waals surface area (Å²) in [7, 11) is -3.88. The van der Waals surface area contributed by atoms with Crippen LogP contribution in [-0.2, 0) is 19.6 Å². The maximum Gasteiger partial charge on any atom is 0.241 e. The van der Waals surface area contributed by atoms with E-state index in [1.54, 1.807) is 13.8 Å². The lowest BCUT2D eigenvalue weighted by atomic mass is 10.0. The summed E-state index contributed by atoms with van der Waals surface area (Å²) in [6.45, 7) is 9.61. The van der Waals surface area contributed by atoms with Gasteiger partial charge in [-0.3, -0.25) is 4.79 Å². The fourth-order valence-electron chi connectivity index (χ4n) is 3.52. The van der Waals surface area contributed by atoms with Gasteiger partial charge in [-0.05, 0) is 50.7 Å². The van der Waals surface area contributed by atoms with E-state index in [1.165, 1.54) is 0 Å². The number of aliphatic hydroxyl groups is 1. The van der Waals surface area contributed by atoms with Gasteiger partial charge >= 0.3 is 0 Å². The number of carbonyl (C=O) groups is 1. The molecule has 1 amide bonds. The van der Waals surface area contributed by atoms with E-state index in [0.29, 0.717) is 30.6 Å². The monoisotopic (exact) mass is 398 g/mol. The number of aliphatic hydroxyl groups excluding tert-OH is 1. The van der Waals surface area contributed by atoms with Gasteiger partial charge in [-0.25, -0.2) is 8.42 Å². The Labute approximate surface area is 161 Å². The molecule has 0 saturated carbocycles. The SMILES string of the molecule is Cc1cc(C)c(S(=O)(=O)NC(CC(C)C)C(=O)N[C@H]2CCOC2O)c(C)c1. The Morgan fingerprint density at radius 1 is 1.26 bits per heavy atom. The second-order valence-electron chi connectivity index (χ2n) is 7.70. The van der Waals surface area contributed by atoms with Gasteiger partial charge in [0.15, 0.2) is 6.29 Å². The Morgan fingerprint density at radius 3 is 2.33 bits per heavy atom. The van der Waals surface area contributed by atoms with Crippen LogP contribution in [0, 0.1) is 26.7 Å². The highest BCUT2D eigenvalue weighted by Crippen LogP contribution is 2.23. The van der Waals surface area contributed by atoms with E-state index in [-0.39, 0.29) is 10.8 Å². The van der Waals surface area contributed by atoms with E-state index in [9.17, 15) is 18.3 Å². The van der Waals surface area contributed by atoms with Gasteiger partial charge in [-0.2, -0.15) is 4.72 Å². The molecule has 2 rings (SSSR count). The predicted octanol–water partition coefficient (Wildman–Crippen LogP) is 1.53. The molecule has 3 N–H and O–H groups in total. The zero-order chi connectivity index (χ0) is 20.4. The average molecular weight is 399 g/mol. The van der Waals surface area contributed by atoms with Crippen molar-refractivity contribution in [2.75, 3.05) is 6.61 Å². The molecule has 0 spiro atoms. The van der Waals surface area contributed by atoms with Crippen molar-refractivity contribution in [3.63, 3.8) is 0 Å². The molecule has 0 aliphatic carbocycles. The van der Waals surface area contributed by atoms with Gasteiger partial charge in [0, 0.05) is 0 Å². The summed E-state index contributed by atoms with van der Waals surface area (Å²) in [5.41, 5.74) is 2.27. The molecular formula is C19H30N2O5S. The highest BCUT2D eigenvalue weighted by molar-refractivity contribution is 7.89. The number of carbonyl (C=O) groups excluding carboxylic acids is 1. The molecule has 2 unspecified atom stereocenters. The lowest BCUT2D eigenvalue weighted by Crippen LogP contribution is -2.51. The first-order valence-corrected chi connectivity index (χ1v) is 10.7. The van der Waals surface area contributed by atoms with Crippen molar-refractivity contribution < 1.29 is 23.1 Å². The first kappa shape index (κ1) is 21.8. The number of rotatable bonds is 7. The summed E-state index contributed by atoms with van der Waals surface area (Å²) in [6, 6.07) is 2.17. The van der Waals surface area contributed by atoms with Crippen molar-refractivity contribution in [3.8, 4) is 0 Å². The van der Waals surface area contributed by atoms with Crippen molar-refractivity contribution in [2.24, 2.45) is 5.92 Å². The minimum atomic E-state index is -3.88. The quantitative estimate of drug-likeness (QED) is 0.646. The molecule has 1 heterocycles. The van der Waals surface area contributed by atoms with Gasteiger partial charge in [-0.15, -0.1) is 0 Å². The molecule has 1 fully saturated rings. The summed E-state index contributed by atoms with van der Waals surface area (Å²) >= 11 is 0. The summed E-state index contributed by atoms with van der Waals surface area (Å²) in [5.74, 6) is -0.349. The maximum absolute atomic E-state index is 13.0. The van der Waals surface area contributed by atoms with Gasteiger partial charge in [0.25, 0.3) is 0 Å². The molecule has 0 radical (unpaired) electrons. The highest BCUT2D eigenvalue weighted by atomic mass is 32.2. The van der Waals surface area contributed by atoms with Crippen LogP contribution in [0.2, 0.25) is 0 Å². The Hall–Kier alpha value is -1.48. The van der Waals surface area contributed by atoms with E-state index in [0.717, 1.165) is 5.56 Å². The zero-order valence-electron chi connectivity index (χ0n) is 16.6. The topological polar surface area (TPSA) is 105 Å². The predicted molar refractivity (Wildman–Crippen MR) is 103 cm³/mol. The fraction of sp³-hybridized carbons (Fsp3) is 0.632. The first-order chi connectivity index (χ1) is 12.5. The third kappa shape index (κ3) is 5.51. The van der Waals surface area contributed by atoms with Gasteiger partial charge in [0.2, 0.25) is 15.9 Å². The Balaban J connectivity index is 2.25. The van der Waals surface area contributed by atoms with Crippen molar-refractivity contribution in [1.82, 2.24) is 10.0 Å². The molecular weight excluding hydrogens is 368 g/mol. The minimum absolute atomic E-state index is 0.105. The van der Waals surface area contributed by atoms with Gasteiger partial charge in [0.1, 0.15) is 6.04 Å². The van der Waals surface area contributed by atoms with Crippen LogP contribution in [0.3, 0.4) is 0 Å². The largest absolute Gasteiger partial charge is 0.366 e. The zero-order valence-corrected chi connectivity index (χ0v) is 17.4. The number of ether oxygens (including phenoxy) is 1. The number of benzene rings is 1. The summed E-state index contributed by atoms with van der Waals surface area (Å²) in [4.78, 5) is 12.9. The Morgan fingerprint density at radius 2 is 1.85 bits per heavy atom. The van der Waals surface area contributed by atoms with Crippen molar-refractivity contribution in [3.05, 3.63) is 28.8 Å². The van der Waals surface area contributed by atoms with Crippen LogP contribution >= 0.6 is 0 Å². The molecule has 7 nitrogen and oxygen atoms in total. The average Bonchev–Trinajstić information content (AvgIpc) is 2.89. The molecule has 1 aromatic rings. The van der Waals surface area contributed by atoms with Crippen LogP contribution in [0.15, 0.2) is 17.0 Å². The maximum atomic E-state index is 13.0. The van der Waals surface area contributed by atoms with Crippen molar-refractivity contribution >= 4 is 15.9 Å². The van der Waals surface area contributed by atoms with E-state index >= 15 is 0 Å². The molecule has 0 bridgehead atoms. The molecule has 152 valence electrons. The minimum Gasteiger partial charge on any atom is -0.366 e. The van der Waals surface area contributed by atoms with E-state index in [2.05, 4.69) is 10.0 Å². The third-order valence-corrected chi connectivity index (χ3v) is 6.36. The normalized spacial score (nSPS) is 21.4. The summed E-state index contributed by atoms with van der Waals surface area (Å²) in [5, 5.41) is 12.4. The van der Waals surface area contributed by atoms with E-state index < -0.39 is 34.3 Å². The first-order valence-electron chi connectivity index (χ1n) is 9.21. The van der Waals surface area contributed by atoms with Crippen LogP contribution < -0.4 is 10.0 Å². The van der Waals surface area contributed by atoms with Crippen molar-refractivity contribution in [1.29, 1.82) is 0 Å². The van der Waals surface area contributed by atoms with Crippen LogP contribution in [0.1, 0.15) is 43.4 Å². The second kappa shape index (κ2) is 8.68. The molecule has 1 aromatic carbocycles. The number of nitrogens with one attached hydrogen (secondary N) is 2. The Bertz CT molecular complexity index is 768. The molecule has 1 aliphatic rings. The highest BCUT2D eigenvalue weighted by Gasteiger charge is 2.33. The second-order valence-corrected chi connectivity index (χ2v) is 9.35. The van der Waals surface area contributed by atoms with Crippen LogP contribution in [-0.4, -0.2) is 44.4 Å². The van der Waals surface area contributed by atoms with Gasteiger partial charge < -0.3 is 15.2 Å². The third-order valence-electron chi connectivity index (χ3n) is 4.58. The van der Waals surface area contributed by atoms with Crippen LogP contribution in [0.25, 0.3) is 0 Å². The smallest absolute Gasteiger partial charge is 0.241 e. The summed E-state index contributed by atoms with van der Waals surface area (Å²) < 4.78 is 33.6. The molecule has 8 heteroatoms. The molecule has 3 atom stereocenters. The lowest BCUT2D eigenvalue weighted by molar-refractivity contribution is -0.127. The van der Waals surface area contributed by atoms with E-state index in [1.807, 2.05) is 32.9 Å². The standard InChI is InChI=1S/C19H30N2O5S/c1-11(2)8-16(18(22)20-15-6-7-26-19(15)23)21-27(24,25)17-13(4)9-12(3)10-14(17)5/h9-11,15-16,19,21,23H,6-8H2,1-5H3,(H,20,22)/t15-,16?,19?/m0/s1. The fourth-order valence-corrected chi connectivity index (χ4v) is 5.18. The Kier molecular flexibility index (Phi) is 7.02. The van der Waals surface area contributed by atoms with Crippen LogP contribution in [0.5, 0.6) is 0 Å². The lowest BCUT2D eigenvalue weighted by Gasteiger charge is -2.24. The van der Waals surface area contributed by atoms with Gasteiger partial charge in [0.05, 0.1) is 17.5 Å². The molecule has 27 heavy (non-hydrogen) atoms. The summed E-state index contributed by atoms with van der Waals surface area (Å²) in [6.07, 6.45) is -0.227. The van der Waals surface area contributed by atoms with E-state index in [4.69, 9.17) is 4.74 Å². The number of aryl methyl sites for hydroxylation is 3. The molecule has 0 aromatic heterocycles. The van der Waals surface area contributed by atoms with Crippen molar-refractivity contribution in [2.45, 2.75) is 70.7 Å². The molecule has 1 aliphatic heterocycles. The number of hydrogen-bond acceptors (Lipinski definition) is 5. The number of sulfonamides is 1. The number of hydrogen-bond donors (Lipinski definition) is 3. The number of amides is 1. The van der Waals surface area contributed by atoms with Gasteiger partial charge in [-0.1, -0.05) is 31.5 Å².